The van der Waals surface area contributed by atoms with Crippen molar-refractivity contribution in [3.8, 4) is 0 Å². The van der Waals surface area contributed by atoms with E-state index in [0.717, 1.165) is 21.6 Å². The van der Waals surface area contributed by atoms with Crippen LogP contribution < -0.4 is 15.8 Å². The zero-order valence-electron chi connectivity index (χ0n) is 19.0. The van der Waals surface area contributed by atoms with Crippen LogP contribution in [0.5, 0.6) is 0 Å². The lowest BCUT2D eigenvalue weighted by Gasteiger charge is -2.25. The fourth-order valence-corrected chi connectivity index (χ4v) is 4.39. The van der Waals surface area contributed by atoms with Gasteiger partial charge in [0.25, 0.3) is 5.56 Å². The second kappa shape index (κ2) is 8.67. The van der Waals surface area contributed by atoms with Crippen molar-refractivity contribution in [2.24, 2.45) is 0 Å². The van der Waals surface area contributed by atoms with Gasteiger partial charge >= 0.3 is 12.1 Å². The summed E-state index contributed by atoms with van der Waals surface area (Å²) in [6.07, 6.45) is -2.24. The third-order valence-corrected chi connectivity index (χ3v) is 6.04. The van der Waals surface area contributed by atoms with Crippen LogP contribution in [0.1, 0.15) is 38.7 Å². The van der Waals surface area contributed by atoms with Gasteiger partial charge in [0, 0.05) is 37.1 Å². The molecule has 4 heterocycles. The van der Waals surface area contributed by atoms with Gasteiger partial charge in [0.15, 0.2) is 6.04 Å². The van der Waals surface area contributed by atoms with E-state index in [0.29, 0.717) is 18.7 Å². The standard InChI is InChI=1S/C25H20F3N5O3/c1-14-9-18(21(25(26,27)28)31-22-17(24(35)36)7-4-8-29-22)23-30-19(10-20(34)33(23)11-14)32-12-15-5-2-3-6-16(15)13-32/h2-11,21H,12-13H2,1H3,(H,29,31)(H,35,36)/t21-/m0/s1. The van der Waals surface area contributed by atoms with Crippen molar-refractivity contribution >= 4 is 23.3 Å². The molecule has 11 heteroatoms. The molecule has 0 bridgehead atoms. The Balaban J connectivity index is 1.65. The number of halogens is 3. The van der Waals surface area contributed by atoms with Gasteiger partial charge in [-0.25, -0.2) is 14.8 Å². The maximum Gasteiger partial charge on any atom is 0.412 e. The first-order valence-electron chi connectivity index (χ1n) is 11.0. The van der Waals surface area contributed by atoms with E-state index in [9.17, 15) is 27.9 Å². The van der Waals surface area contributed by atoms with Crippen LogP contribution >= 0.6 is 0 Å². The molecule has 5 rings (SSSR count). The monoisotopic (exact) mass is 495 g/mol. The van der Waals surface area contributed by atoms with Crippen LogP contribution in [0.2, 0.25) is 0 Å². The molecule has 3 aromatic heterocycles. The molecule has 0 unspecified atom stereocenters. The fraction of sp³-hybridized carbons (Fsp3) is 0.200. The van der Waals surface area contributed by atoms with E-state index >= 15 is 0 Å². The van der Waals surface area contributed by atoms with Crippen LogP contribution in [-0.2, 0) is 13.1 Å². The minimum absolute atomic E-state index is 0.179. The van der Waals surface area contributed by atoms with Crippen LogP contribution in [0.4, 0.5) is 24.8 Å². The lowest BCUT2D eigenvalue weighted by atomic mass is 10.0. The quantitative estimate of drug-likeness (QED) is 0.425. The number of alkyl halides is 3. The van der Waals surface area contributed by atoms with Gasteiger partial charge in [-0.15, -0.1) is 0 Å². The molecule has 8 nitrogen and oxygen atoms in total. The van der Waals surface area contributed by atoms with Crippen molar-refractivity contribution in [3.63, 3.8) is 0 Å². The summed E-state index contributed by atoms with van der Waals surface area (Å²) >= 11 is 0. The fourth-order valence-electron chi connectivity index (χ4n) is 4.39. The second-order valence-electron chi connectivity index (χ2n) is 8.57. The minimum atomic E-state index is -4.86. The molecule has 1 aliphatic heterocycles. The van der Waals surface area contributed by atoms with E-state index in [2.05, 4.69) is 15.3 Å². The third kappa shape index (κ3) is 4.23. The van der Waals surface area contributed by atoms with Crippen LogP contribution in [-0.4, -0.2) is 31.6 Å². The van der Waals surface area contributed by atoms with Gasteiger partial charge < -0.3 is 15.3 Å². The number of rotatable bonds is 5. The maximum atomic E-state index is 14.4. The van der Waals surface area contributed by atoms with Crippen molar-refractivity contribution in [1.82, 2.24) is 14.4 Å². The molecule has 0 spiro atoms. The summed E-state index contributed by atoms with van der Waals surface area (Å²) in [5, 5.41) is 11.7. The zero-order valence-corrected chi connectivity index (χ0v) is 19.0. The summed E-state index contributed by atoms with van der Waals surface area (Å²) < 4.78 is 44.3. The van der Waals surface area contributed by atoms with Crippen molar-refractivity contribution < 1.29 is 23.1 Å². The number of aryl methyl sites for hydroxylation is 1. The molecule has 0 fully saturated rings. The smallest absolute Gasteiger partial charge is 0.412 e. The number of hydrogen-bond donors (Lipinski definition) is 2. The Bertz CT molecular complexity index is 1530. The summed E-state index contributed by atoms with van der Waals surface area (Å²) in [6.45, 7) is 2.50. The van der Waals surface area contributed by atoms with E-state index < -0.39 is 35.1 Å². The Kier molecular flexibility index (Phi) is 5.62. The van der Waals surface area contributed by atoms with Crippen molar-refractivity contribution in [2.75, 3.05) is 10.2 Å². The molecule has 0 radical (unpaired) electrons. The Morgan fingerprint density at radius 2 is 1.81 bits per heavy atom. The maximum absolute atomic E-state index is 14.4. The number of nitrogens with zero attached hydrogens (tertiary/aromatic N) is 4. The highest BCUT2D eigenvalue weighted by molar-refractivity contribution is 5.93. The van der Waals surface area contributed by atoms with Crippen LogP contribution in [0.3, 0.4) is 0 Å². The highest BCUT2D eigenvalue weighted by Crippen LogP contribution is 2.38. The zero-order chi connectivity index (χ0) is 25.6. The summed E-state index contributed by atoms with van der Waals surface area (Å²) in [6, 6.07) is 10.4. The number of fused-ring (bicyclic) bond motifs is 2. The summed E-state index contributed by atoms with van der Waals surface area (Å²) in [5.41, 5.74) is 1.06. The van der Waals surface area contributed by atoms with Crippen LogP contribution in [0, 0.1) is 6.92 Å². The molecule has 1 aliphatic rings. The molecule has 0 amide bonds. The lowest BCUT2D eigenvalue weighted by molar-refractivity contribution is -0.143. The van der Waals surface area contributed by atoms with E-state index in [-0.39, 0.29) is 17.0 Å². The first-order valence-corrected chi connectivity index (χ1v) is 11.0. The Morgan fingerprint density at radius 3 is 2.44 bits per heavy atom. The average molecular weight is 495 g/mol. The first kappa shape index (κ1) is 23.3. The lowest BCUT2D eigenvalue weighted by Crippen LogP contribution is -2.31. The molecule has 0 aliphatic carbocycles. The van der Waals surface area contributed by atoms with E-state index in [1.54, 1.807) is 6.92 Å². The number of nitrogens with one attached hydrogen (secondary N) is 1. The predicted octanol–water partition coefficient (Wildman–Crippen LogP) is 4.33. The third-order valence-electron chi connectivity index (χ3n) is 6.04. The van der Waals surface area contributed by atoms with Crippen molar-refractivity contribution in [3.05, 3.63) is 99.1 Å². The van der Waals surface area contributed by atoms with E-state index in [4.69, 9.17) is 0 Å². The molecule has 0 saturated heterocycles. The number of aromatic nitrogens is 3. The highest BCUT2D eigenvalue weighted by Gasteiger charge is 2.43. The van der Waals surface area contributed by atoms with E-state index in [1.807, 2.05) is 29.2 Å². The van der Waals surface area contributed by atoms with Gasteiger partial charge in [-0.1, -0.05) is 24.3 Å². The topological polar surface area (TPSA) is 99.8 Å². The number of aromatic carboxylic acids is 1. The van der Waals surface area contributed by atoms with Gasteiger partial charge in [-0.05, 0) is 41.8 Å². The number of carboxylic acids is 1. The Labute approximate surface area is 202 Å². The molecular weight excluding hydrogens is 475 g/mol. The highest BCUT2D eigenvalue weighted by atomic mass is 19.4. The normalized spacial score (nSPS) is 14.1. The molecule has 36 heavy (non-hydrogen) atoms. The van der Waals surface area contributed by atoms with Gasteiger partial charge in [0.1, 0.15) is 22.8 Å². The number of carboxylic acid groups (broad SMARTS) is 1. The average Bonchev–Trinajstić information content (AvgIpc) is 3.26. The molecule has 1 atom stereocenters. The van der Waals surface area contributed by atoms with Gasteiger partial charge in [0.05, 0.1) is 0 Å². The van der Waals surface area contributed by atoms with E-state index in [1.165, 1.54) is 30.6 Å². The molecule has 0 saturated carbocycles. The van der Waals surface area contributed by atoms with Gasteiger partial charge in [-0.2, -0.15) is 13.2 Å². The largest absolute Gasteiger partial charge is 0.478 e. The minimum Gasteiger partial charge on any atom is -0.478 e. The second-order valence-corrected chi connectivity index (χ2v) is 8.57. The Morgan fingerprint density at radius 1 is 1.11 bits per heavy atom. The predicted molar refractivity (Wildman–Crippen MR) is 126 cm³/mol. The summed E-state index contributed by atoms with van der Waals surface area (Å²) in [7, 11) is 0. The van der Waals surface area contributed by atoms with Crippen LogP contribution in [0.15, 0.2) is 65.7 Å². The summed E-state index contributed by atoms with van der Waals surface area (Å²) in [4.78, 5) is 34.7. The number of benzene rings is 1. The number of pyridine rings is 2. The van der Waals surface area contributed by atoms with Crippen LogP contribution in [0.25, 0.3) is 5.65 Å². The molecular formula is C25H20F3N5O3. The molecule has 2 N–H and O–H groups in total. The van der Waals surface area contributed by atoms with Gasteiger partial charge in [0.2, 0.25) is 0 Å². The van der Waals surface area contributed by atoms with Gasteiger partial charge in [-0.3, -0.25) is 9.20 Å². The Hall–Kier alpha value is -4.41. The molecule has 184 valence electrons. The molecule has 4 aromatic rings. The summed E-state index contributed by atoms with van der Waals surface area (Å²) in [5.74, 6) is -1.61. The molecule has 1 aromatic carbocycles. The number of hydrogen-bond acceptors (Lipinski definition) is 6. The SMILES string of the molecule is Cc1cc([C@H](Nc2ncccc2C(=O)O)C(F)(F)F)c2nc(N3Cc4ccccc4C3)cc(=O)n2c1. The van der Waals surface area contributed by atoms with Crippen molar-refractivity contribution in [2.45, 2.75) is 32.2 Å². The number of carbonyl (C=O) groups is 1. The van der Waals surface area contributed by atoms with Crippen molar-refractivity contribution in [1.29, 1.82) is 0 Å². The first-order chi connectivity index (χ1) is 17.1. The number of anilines is 2.